The fourth-order valence-corrected chi connectivity index (χ4v) is 2.23. The zero-order valence-corrected chi connectivity index (χ0v) is 14.7. The molecule has 6 nitrogen and oxygen atoms in total. The number of phenolic OH excluding ortho intramolecular Hbond substituents is 1. The quantitative estimate of drug-likeness (QED) is 0.582. The second-order valence-electron chi connectivity index (χ2n) is 4.93. The molecule has 0 aromatic heterocycles. The summed E-state index contributed by atoms with van der Waals surface area (Å²) < 4.78 is 11.0. The predicted octanol–water partition coefficient (Wildman–Crippen LogP) is 3.61. The van der Waals surface area contributed by atoms with Crippen LogP contribution in [0.4, 0.5) is 0 Å². The van der Waals surface area contributed by atoms with E-state index in [4.69, 9.17) is 21.1 Å². The van der Waals surface area contributed by atoms with Gasteiger partial charge in [-0.3, -0.25) is 4.79 Å². The third-order valence-corrected chi connectivity index (χ3v) is 3.40. The molecule has 25 heavy (non-hydrogen) atoms. The van der Waals surface area contributed by atoms with Crippen molar-refractivity contribution < 1.29 is 19.4 Å². The van der Waals surface area contributed by atoms with Gasteiger partial charge in [-0.2, -0.15) is 5.10 Å². The Hall–Kier alpha value is -2.73. The average molecular weight is 363 g/mol. The number of phenols is 1. The van der Waals surface area contributed by atoms with Gasteiger partial charge in [-0.1, -0.05) is 11.6 Å². The molecule has 0 saturated carbocycles. The molecule has 0 atom stereocenters. The van der Waals surface area contributed by atoms with Gasteiger partial charge >= 0.3 is 0 Å². The smallest absolute Gasteiger partial charge is 0.271 e. The van der Waals surface area contributed by atoms with Gasteiger partial charge in [0.1, 0.15) is 5.75 Å². The summed E-state index contributed by atoms with van der Waals surface area (Å²) in [6.45, 7) is 4.68. The molecule has 0 fully saturated rings. The normalized spacial score (nSPS) is 10.7. The first-order valence-electron chi connectivity index (χ1n) is 7.76. The maximum atomic E-state index is 12.2. The van der Waals surface area contributed by atoms with Gasteiger partial charge in [0.25, 0.3) is 5.91 Å². The van der Waals surface area contributed by atoms with E-state index < -0.39 is 5.91 Å². The molecular formula is C18H19ClN2O4. The fraction of sp³-hybridized carbons (Fsp3) is 0.222. The number of hydrogen-bond acceptors (Lipinski definition) is 5. The highest BCUT2D eigenvalue weighted by atomic mass is 35.5. The van der Waals surface area contributed by atoms with Crippen molar-refractivity contribution in [2.24, 2.45) is 5.10 Å². The molecule has 0 radical (unpaired) electrons. The summed E-state index contributed by atoms with van der Waals surface area (Å²) in [5.74, 6) is 0.672. The standard InChI is InChI=1S/C18H19ClN2O4/c1-3-24-16-8-5-12(10-17(16)25-4-2)18(23)21-20-11-13-9-14(19)6-7-15(13)22/h5-11,22H,3-4H2,1-2H3,(H,21,23)/b20-11+. The van der Waals surface area contributed by atoms with Gasteiger partial charge in [0.05, 0.1) is 19.4 Å². The molecule has 2 rings (SSSR count). The zero-order chi connectivity index (χ0) is 18.2. The minimum atomic E-state index is -0.415. The second kappa shape index (κ2) is 8.94. The number of nitrogens with one attached hydrogen (secondary N) is 1. The van der Waals surface area contributed by atoms with E-state index in [-0.39, 0.29) is 5.75 Å². The zero-order valence-electron chi connectivity index (χ0n) is 14.0. The summed E-state index contributed by atoms with van der Waals surface area (Å²) in [5.41, 5.74) is 3.17. The van der Waals surface area contributed by atoms with Crippen LogP contribution in [0.3, 0.4) is 0 Å². The number of amides is 1. The Labute approximate surface area is 151 Å². The van der Waals surface area contributed by atoms with Crippen molar-refractivity contribution >= 4 is 23.7 Å². The van der Waals surface area contributed by atoms with Crippen molar-refractivity contribution in [3.63, 3.8) is 0 Å². The van der Waals surface area contributed by atoms with Crippen molar-refractivity contribution in [1.82, 2.24) is 5.43 Å². The van der Waals surface area contributed by atoms with E-state index in [1.807, 2.05) is 13.8 Å². The first-order chi connectivity index (χ1) is 12.0. The minimum Gasteiger partial charge on any atom is -0.507 e. The van der Waals surface area contributed by atoms with Gasteiger partial charge in [0.15, 0.2) is 11.5 Å². The number of nitrogens with zero attached hydrogens (tertiary/aromatic N) is 1. The van der Waals surface area contributed by atoms with Gasteiger partial charge in [-0.25, -0.2) is 5.43 Å². The van der Waals surface area contributed by atoms with Crippen LogP contribution < -0.4 is 14.9 Å². The van der Waals surface area contributed by atoms with Crippen LogP contribution in [-0.4, -0.2) is 30.4 Å². The van der Waals surface area contributed by atoms with Crippen LogP contribution in [0.1, 0.15) is 29.8 Å². The lowest BCUT2D eigenvalue weighted by Crippen LogP contribution is -2.17. The Bertz CT molecular complexity index is 778. The summed E-state index contributed by atoms with van der Waals surface area (Å²) in [4.78, 5) is 12.2. The molecule has 0 aliphatic rings. The lowest BCUT2D eigenvalue weighted by Gasteiger charge is -2.11. The third-order valence-electron chi connectivity index (χ3n) is 3.16. The lowest BCUT2D eigenvalue weighted by atomic mass is 10.2. The maximum Gasteiger partial charge on any atom is 0.271 e. The van der Waals surface area contributed by atoms with Crippen molar-refractivity contribution in [3.8, 4) is 17.2 Å². The first-order valence-corrected chi connectivity index (χ1v) is 8.14. The molecule has 0 saturated heterocycles. The van der Waals surface area contributed by atoms with Gasteiger partial charge in [0.2, 0.25) is 0 Å². The summed E-state index contributed by atoms with van der Waals surface area (Å²) >= 11 is 5.86. The summed E-state index contributed by atoms with van der Waals surface area (Å²) in [6.07, 6.45) is 1.32. The Morgan fingerprint density at radius 3 is 2.60 bits per heavy atom. The Morgan fingerprint density at radius 1 is 1.16 bits per heavy atom. The van der Waals surface area contributed by atoms with E-state index in [1.165, 1.54) is 18.3 Å². The number of benzene rings is 2. The molecule has 0 unspecified atom stereocenters. The van der Waals surface area contributed by atoms with E-state index in [0.29, 0.717) is 40.9 Å². The summed E-state index contributed by atoms with van der Waals surface area (Å²) in [5, 5.41) is 14.0. The number of hydrazone groups is 1. The number of halogens is 1. The van der Waals surface area contributed by atoms with Gasteiger partial charge in [-0.05, 0) is 50.2 Å². The van der Waals surface area contributed by atoms with Crippen molar-refractivity contribution in [2.75, 3.05) is 13.2 Å². The maximum absolute atomic E-state index is 12.2. The van der Waals surface area contributed by atoms with E-state index in [9.17, 15) is 9.90 Å². The highest BCUT2D eigenvalue weighted by molar-refractivity contribution is 6.30. The van der Waals surface area contributed by atoms with Crippen LogP contribution >= 0.6 is 11.6 Å². The molecule has 1 amide bonds. The van der Waals surface area contributed by atoms with Crippen molar-refractivity contribution in [1.29, 1.82) is 0 Å². The van der Waals surface area contributed by atoms with Crippen molar-refractivity contribution in [2.45, 2.75) is 13.8 Å². The van der Waals surface area contributed by atoms with E-state index in [0.717, 1.165) is 0 Å². The molecule has 2 aromatic carbocycles. The second-order valence-corrected chi connectivity index (χ2v) is 5.37. The third kappa shape index (κ3) is 5.12. The number of hydrogen-bond donors (Lipinski definition) is 2. The minimum absolute atomic E-state index is 0.0158. The molecule has 0 bridgehead atoms. The number of aromatic hydroxyl groups is 1. The molecule has 0 aliphatic carbocycles. The average Bonchev–Trinajstić information content (AvgIpc) is 2.59. The van der Waals surface area contributed by atoms with Gasteiger partial charge < -0.3 is 14.6 Å². The van der Waals surface area contributed by atoms with E-state index in [2.05, 4.69) is 10.5 Å². The Morgan fingerprint density at radius 2 is 1.88 bits per heavy atom. The molecule has 7 heteroatoms. The van der Waals surface area contributed by atoms with Crippen molar-refractivity contribution in [3.05, 3.63) is 52.5 Å². The molecule has 2 aromatic rings. The van der Waals surface area contributed by atoms with E-state index in [1.54, 1.807) is 24.3 Å². The van der Waals surface area contributed by atoms with E-state index >= 15 is 0 Å². The van der Waals surface area contributed by atoms with Gasteiger partial charge in [-0.15, -0.1) is 0 Å². The largest absolute Gasteiger partial charge is 0.507 e. The summed E-state index contributed by atoms with van der Waals surface area (Å²) in [6, 6.07) is 9.44. The number of ether oxygens (including phenoxy) is 2. The highest BCUT2D eigenvalue weighted by Gasteiger charge is 2.11. The van der Waals surface area contributed by atoms with Crippen LogP contribution in [-0.2, 0) is 0 Å². The molecular weight excluding hydrogens is 344 g/mol. The molecule has 0 heterocycles. The molecule has 132 valence electrons. The summed E-state index contributed by atoms with van der Waals surface area (Å²) in [7, 11) is 0. The van der Waals surface area contributed by atoms with Crippen LogP contribution in [0, 0.1) is 0 Å². The van der Waals surface area contributed by atoms with Crippen LogP contribution in [0.25, 0.3) is 0 Å². The number of rotatable bonds is 7. The molecule has 0 spiro atoms. The topological polar surface area (TPSA) is 80.2 Å². The van der Waals surface area contributed by atoms with Crippen LogP contribution in [0.15, 0.2) is 41.5 Å². The number of carbonyl (C=O) groups excluding carboxylic acids is 1. The van der Waals surface area contributed by atoms with Crippen LogP contribution in [0.5, 0.6) is 17.2 Å². The Balaban J connectivity index is 2.11. The van der Waals surface area contributed by atoms with Gasteiger partial charge in [0, 0.05) is 16.1 Å². The monoisotopic (exact) mass is 362 g/mol. The Kier molecular flexibility index (Phi) is 6.65. The molecule has 2 N–H and O–H groups in total. The number of carbonyl (C=O) groups is 1. The first kappa shape index (κ1) is 18.6. The highest BCUT2D eigenvalue weighted by Crippen LogP contribution is 2.28. The van der Waals surface area contributed by atoms with Crippen LogP contribution in [0.2, 0.25) is 5.02 Å². The SMILES string of the molecule is CCOc1ccc(C(=O)N/N=C/c2cc(Cl)ccc2O)cc1OCC. The lowest BCUT2D eigenvalue weighted by molar-refractivity contribution is 0.0954. The predicted molar refractivity (Wildman–Crippen MR) is 97.0 cm³/mol. The molecule has 0 aliphatic heterocycles. The fourth-order valence-electron chi connectivity index (χ4n) is 2.05.